The Balaban J connectivity index is 2.31. The number of halogens is 2. The van der Waals surface area contributed by atoms with E-state index in [9.17, 15) is 9.90 Å². The molecule has 2 rings (SSSR count). The van der Waals surface area contributed by atoms with Crippen molar-refractivity contribution < 1.29 is 14.6 Å². The van der Waals surface area contributed by atoms with Crippen LogP contribution >= 0.6 is 23.2 Å². The van der Waals surface area contributed by atoms with Gasteiger partial charge in [-0.15, -0.1) is 0 Å². The molecule has 4 nitrogen and oxygen atoms in total. The summed E-state index contributed by atoms with van der Waals surface area (Å²) in [6.45, 7) is 7.69. The summed E-state index contributed by atoms with van der Waals surface area (Å²) in [7, 11) is 0. The molecule has 1 N–H and O–H groups in total. The first-order valence-electron chi connectivity index (χ1n) is 7.89. The highest BCUT2D eigenvalue weighted by Gasteiger charge is 2.31. The number of aliphatic hydroxyl groups excluding tert-OH is 1. The van der Waals surface area contributed by atoms with Crippen molar-refractivity contribution >= 4 is 34.9 Å². The van der Waals surface area contributed by atoms with Crippen molar-refractivity contribution in [3.63, 3.8) is 0 Å². The van der Waals surface area contributed by atoms with E-state index < -0.39 is 5.60 Å². The maximum absolute atomic E-state index is 12.4. The minimum Gasteiger partial charge on any atom is -0.444 e. The standard InChI is InChI=1S/C18H23Cl2NO3/c1-11-7-14(12-5-6-15(19)16(20)8-12)13(10-22)9-21(11)17(23)24-18(2,3)4/h5-6,8,11,22H,7,9-10H2,1-4H3. The Labute approximate surface area is 153 Å². The molecule has 0 saturated heterocycles. The van der Waals surface area contributed by atoms with Crippen LogP contribution in [0.25, 0.3) is 5.57 Å². The maximum atomic E-state index is 12.4. The van der Waals surface area contributed by atoms with Crippen molar-refractivity contribution in [1.82, 2.24) is 4.90 Å². The zero-order valence-corrected chi connectivity index (χ0v) is 15.9. The van der Waals surface area contributed by atoms with E-state index in [2.05, 4.69) is 0 Å². The van der Waals surface area contributed by atoms with Gasteiger partial charge in [0.1, 0.15) is 5.60 Å². The van der Waals surface area contributed by atoms with Crippen LogP contribution in [0.2, 0.25) is 10.0 Å². The van der Waals surface area contributed by atoms with E-state index in [0.717, 1.165) is 16.7 Å². The van der Waals surface area contributed by atoms with E-state index in [0.29, 0.717) is 23.0 Å². The smallest absolute Gasteiger partial charge is 0.410 e. The lowest BCUT2D eigenvalue weighted by Crippen LogP contribution is -2.45. The fourth-order valence-electron chi connectivity index (χ4n) is 2.72. The van der Waals surface area contributed by atoms with Gasteiger partial charge in [-0.3, -0.25) is 0 Å². The van der Waals surface area contributed by atoms with E-state index >= 15 is 0 Å². The Kier molecular flexibility index (Phi) is 5.84. The van der Waals surface area contributed by atoms with Crippen LogP contribution in [0.3, 0.4) is 0 Å². The minimum absolute atomic E-state index is 0.0420. The number of amides is 1. The summed E-state index contributed by atoms with van der Waals surface area (Å²) < 4.78 is 5.46. The molecular formula is C18H23Cl2NO3. The van der Waals surface area contributed by atoms with Crippen molar-refractivity contribution in [2.24, 2.45) is 0 Å². The monoisotopic (exact) mass is 371 g/mol. The third kappa shape index (κ3) is 4.44. The molecule has 0 aromatic heterocycles. The first-order valence-corrected chi connectivity index (χ1v) is 8.64. The highest BCUT2D eigenvalue weighted by Crippen LogP contribution is 2.34. The van der Waals surface area contributed by atoms with Crippen LogP contribution in [0.5, 0.6) is 0 Å². The van der Waals surface area contributed by atoms with Crippen molar-refractivity contribution in [3.05, 3.63) is 39.4 Å². The molecule has 0 radical (unpaired) electrons. The molecule has 24 heavy (non-hydrogen) atoms. The van der Waals surface area contributed by atoms with Gasteiger partial charge >= 0.3 is 6.09 Å². The lowest BCUT2D eigenvalue weighted by Gasteiger charge is -2.37. The summed E-state index contributed by atoms with van der Waals surface area (Å²) in [5, 5.41) is 10.7. The number of ether oxygens (including phenoxy) is 1. The lowest BCUT2D eigenvalue weighted by molar-refractivity contribution is 0.0186. The summed E-state index contributed by atoms with van der Waals surface area (Å²) in [6.07, 6.45) is 0.252. The molecule has 1 heterocycles. The number of aliphatic hydroxyl groups is 1. The Morgan fingerprint density at radius 2 is 2.00 bits per heavy atom. The van der Waals surface area contributed by atoms with Crippen molar-refractivity contribution in [2.45, 2.75) is 45.8 Å². The van der Waals surface area contributed by atoms with Gasteiger partial charge in [0, 0.05) is 12.6 Å². The van der Waals surface area contributed by atoms with Gasteiger partial charge in [0.15, 0.2) is 0 Å². The molecule has 1 aliphatic rings. The van der Waals surface area contributed by atoms with Crippen LogP contribution in [0.4, 0.5) is 4.79 Å². The molecule has 1 aliphatic heterocycles. The predicted molar refractivity (Wildman–Crippen MR) is 97.5 cm³/mol. The Bertz CT molecular complexity index is 665. The maximum Gasteiger partial charge on any atom is 0.410 e. The fourth-order valence-corrected chi connectivity index (χ4v) is 3.02. The summed E-state index contributed by atoms with van der Waals surface area (Å²) in [5.74, 6) is 0. The highest BCUT2D eigenvalue weighted by atomic mass is 35.5. The molecule has 132 valence electrons. The SMILES string of the molecule is CC1CC(c2ccc(Cl)c(Cl)c2)=C(CO)CN1C(=O)OC(C)(C)C. The zero-order chi connectivity index (χ0) is 18.1. The zero-order valence-electron chi connectivity index (χ0n) is 14.4. The van der Waals surface area contributed by atoms with E-state index in [1.807, 2.05) is 33.8 Å². The van der Waals surface area contributed by atoms with Crippen LogP contribution in [0.1, 0.15) is 39.7 Å². The number of hydrogen-bond donors (Lipinski definition) is 1. The fraction of sp³-hybridized carbons (Fsp3) is 0.500. The normalized spacial score (nSPS) is 18.8. The van der Waals surface area contributed by atoms with Gasteiger partial charge in [-0.05, 0) is 63.0 Å². The van der Waals surface area contributed by atoms with Crippen LogP contribution in [0.15, 0.2) is 23.8 Å². The topological polar surface area (TPSA) is 49.8 Å². The number of nitrogens with zero attached hydrogens (tertiary/aromatic N) is 1. The first-order chi connectivity index (χ1) is 11.1. The second-order valence-corrected chi connectivity index (χ2v) is 7.84. The summed E-state index contributed by atoms with van der Waals surface area (Å²) in [6, 6.07) is 5.38. The van der Waals surface area contributed by atoms with E-state index in [1.165, 1.54) is 0 Å². The van der Waals surface area contributed by atoms with Gasteiger partial charge in [-0.1, -0.05) is 29.3 Å². The van der Waals surface area contributed by atoms with Gasteiger partial charge in [0.25, 0.3) is 0 Å². The van der Waals surface area contributed by atoms with Crippen LogP contribution in [-0.4, -0.2) is 40.9 Å². The van der Waals surface area contributed by atoms with Crippen LogP contribution in [-0.2, 0) is 4.74 Å². The van der Waals surface area contributed by atoms with Crippen molar-refractivity contribution in [1.29, 1.82) is 0 Å². The molecule has 1 aromatic carbocycles. The minimum atomic E-state index is -0.552. The second-order valence-electron chi connectivity index (χ2n) is 7.03. The highest BCUT2D eigenvalue weighted by molar-refractivity contribution is 6.42. The average molecular weight is 372 g/mol. The summed E-state index contributed by atoms with van der Waals surface area (Å²) in [4.78, 5) is 14.0. The molecule has 0 bridgehead atoms. The predicted octanol–water partition coefficient (Wildman–Crippen LogP) is 4.77. The van der Waals surface area contributed by atoms with Gasteiger partial charge in [0.05, 0.1) is 16.7 Å². The Morgan fingerprint density at radius 3 is 2.54 bits per heavy atom. The number of benzene rings is 1. The average Bonchev–Trinajstić information content (AvgIpc) is 2.48. The van der Waals surface area contributed by atoms with Gasteiger partial charge < -0.3 is 14.7 Å². The molecule has 0 spiro atoms. The molecule has 0 fully saturated rings. The van der Waals surface area contributed by atoms with E-state index in [1.54, 1.807) is 17.0 Å². The number of carbonyl (C=O) groups is 1. The first kappa shape index (κ1) is 19.1. The van der Waals surface area contributed by atoms with Gasteiger partial charge in [-0.2, -0.15) is 0 Å². The Morgan fingerprint density at radius 1 is 1.33 bits per heavy atom. The van der Waals surface area contributed by atoms with Crippen LogP contribution in [0, 0.1) is 0 Å². The van der Waals surface area contributed by atoms with Gasteiger partial charge in [0.2, 0.25) is 0 Å². The quantitative estimate of drug-likeness (QED) is 0.814. The third-order valence-corrected chi connectivity index (χ3v) is 4.65. The third-order valence-electron chi connectivity index (χ3n) is 3.91. The van der Waals surface area contributed by atoms with Crippen molar-refractivity contribution in [3.8, 4) is 0 Å². The second kappa shape index (κ2) is 7.34. The Hall–Kier alpha value is -1.23. The summed E-state index contributed by atoms with van der Waals surface area (Å²) >= 11 is 12.1. The lowest BCUT2D eigenvalue weighted by atomic mass is 9.90. The molecule has 1 aromatic rings. The molecule has 1 amide bonds. The molecule has 1 atom stereocenters. The number of hydrogen-bond acceptors (Lipinski definition) is 3. The molecule has 6 heteroatoms. The van der Waals surface area contributed by atoms with Crippen molar-refractivity contribution in [2.75, 3.05) is 13.2 Å². The number of carbonyl (C=O) groups excluding carboxylic acids is 1. The summed E-state index contributed by atoms with van der Waals surface area (Å²) in [5.41, 5.74) is 2.16. The molecule has 0 saturated carbocycles. The largest absolute Gasteiger partial charge is 0.444 e. The number of rotatable bonds is 2. The molecule has 0 aliphatic carbocycles. The molecule has 1 unspecified atom stereocenters. The van der Waals surface area contributed by atoms with Crippen LogP contribution < -0.4 is 0 Å². The van der Waals surface area contributed by atoms with Gasteiger partial charge in [-0.25, -0.2) is 4.79 Å². The van der Waals surface area contributed by atoms with E-state index in [-0.39, 0.29) is 18.7 Å². The molecular weight excluding hydrogens is 349 g/mol. The van der Waals surface area contributed by atoms with E-state index in [4.69, 9.17) is 27.9 Å².